The summed E-state index contributed by atoms with van der Waals surface area (Å²) in [5.74, 6) is 0.837. The van der Waals surface area contributed by atoms with E-state index in [0.29, 0.717) is 11.9 Å². The van der Waals surface area contributed by atoms with Crippen molar-refractivity contribution >= 4 is 29.4 Å². The minimum atomic E-state index is -0.392. The van der Waals surface area contributed by atoms with Crippen LogP contribution in [0.1, 0.15) is 26.2 Å². The first-order valence-corrected chi connectivity index (χ1v) is 7.49. The molecule has 1 aliphatic heterocycles. The maximum Gasteiger partial charge on any atom is 0.244 e. The molecular formula is C13H21ClN6O. The second kappa shape index (κ2) is 6.89. The number of halogens is 1. The van der Waals surface area contributed by atoms with Gasteiger partial charge in [-0.15, -0.1) is 0 Å². The number of nitrogens with zero attached hydrogens (tertiary/aromatic N) is 5. The van der Waals surface area contributed by atoms with Crippen LogP contribution in [0, 0.1) is 0 Å². The third kappa shape index (κ3) is 4.17. The molecule has 0 aromatic carbocycles. The zero-order chi connectivity index (χ0) is 15.4. The van der Waals surface area contributed by atoms with Crippen LogP contribution in [0.3, 0.4) is 0 Å². The lowest BCUT2D eigenvalue weighted by molar-refractivity contribution is -0.132. The van der Waals surface area contributed by atoms with Crippen molar-refractivity contribution in [3.05, 3.63) is 5.28 Å². The van der Waals surface area contributed by atoms with Gasteiger partial charge in [0.2, 0.25) is 23.1 Å². The Bertz CT molecular complexity index is 503. The lowest BCUT2D eigenvalue weighted by Crippen LogP contribution is -2.44. The first kappa shape index (κ1) is 15.8. The number of hydrogen-bond donors (Lipinski definition) is 1. The molecule has 8 heteroatoms. The number of anilines is 2. The Morgan fingerprint density at radius 2 is 1.90 bits per heavy atom. The average Bonchev–Trinajstić information content (AvgIpc) is 2.46. The lowest BCUT2D eigenvalue weighted by Gasteiger charge is -2.29. The van der Waals surface area contributed by atoms with Crippen LogP contribution < -0.4 is 10.2 Å². The number of carbonyl (C=O) groups is 1. The Hall–Kier alpha value is -1.63. The van der Waals surface area contributed by atoms with Gasteiger partial charge >= 0.3 is 0 Å². The largest absolute Gasteiger partial charge is 0.347 e. The van der Waals surface area contributed by atoms with Gasteiger partial charge in [-0.25, -0.2) is 0 Å². The highest BCUT2D eigenvalue weighted by molar-refractivity contribution is 6.28. The van der Waals surface area contributed by atoms with E-state index in [1.165, 1.54) is 6.42 Å². The molecule has 0 aliphatic carbocycles. The fraction of sp³-hybridized carbons (Fsp3) is 0.692. The number of aromatic nitrogens is 3. The van der Waals surface area contributed by atoms with Gasteiger partial charge in [0.15, 0.2) is 0 Å². The molecule has 2 rings (SSSR count). The van der Waals surface area contributed by atoms with Crippen LogP contribution in [0.25, 0.3) is 0 Å². The van der Waals surface area contributed by atoms with Gasteiger partial charge < -0.3 is 15.1 Å². The summed E-state index contributed by atoms with van der Waals surface area (Å²) in [6.07, 6.45) is 3.34. The topological polar surface area (TPSA) is 74.2 Å². The highest BCUT2D eigenvalue weighted by Gasteiger charge is 2.23. The summed E-state index contributed by atoms with van der Waals surface area (Å²) in [6, 6.07) is -0.392. The summed E-state index contributed by atoms with van der Waals surface area (Å²) in [7, 11) is 3.63. The first-order valence-electron chi connectivity index (χ1n) is 7.11. The Morgan fingerprint density at radius 3 is 2.52 bits per heavy atom. The Morgan fingerprint density at radius 1 is 1.24 bits per heavy atom. The second-order valence-corrected chi connectivity index (χ2v) is 5.71. The Balaban J connectivity index is 2.04. The minimum Gasteiger partial charge on any atom is -0.347 e. The predicted octanol–water partition coefficient (Wildman–Crippen LogP) is 1.40. The minimum absolute atomic E-state index is 0.0673. The maximum absolute atomic E-state index is 12.4. The SMILES string of the molecule is CC(Nc1nc(Cl)nc(N(C)C)n1)C(=O)N1CCCCC1. The Kier molecular flexibility index (Phi) is 5.17. The third-order valence-corrected chi connectivity index (χ3v) is 3.55. The summed E-state index contributed by atoms with van der Waals surface area (Å²) in [4.78, 5) is 28.2. The van der Waals surface area contributed by atoms with Crippen LogP contribution in [0.2, 0.25) is 5.28 Å². The molecule has 1 aromatic heterocycles. The quantitative estimate of drug-likeness (QED) is 0.906. The number of amides is 1. The number of hydrogen-bond acceptors (Lipinski definition) is 6. The van der Waals surface area contributed by atoms with Crippen molar-refractivity contribution < 1.29 is 4.79 Å². The van der Waals surface area contributed by atoms with Crippen LogP contribution >= 0.6 is 11.6 Å². The molecule has 1 aromatic rings. The van der Waals surface area contributed by atoms with E-state index in [4.69, 9.17) is 11.6 Å². The van der Waals surface area contributed by atoms with Crippen molar-refractivity contribution in [3.63, 3.8) is 0 Å². The molecule has 116 valence electrons. The van der Waals surface area contributed by atoms with Crippen LogP contribution in [-0.4, -0.2) is 59.0 Å². The number of nitrogens with one attached hydrogen (secondary N) is 1. The highest BCUT2D eigenvalue weighted by Crippen LogP contribution is 2.14. The molecule has 1 fully saturated rings. The predicted molar refractivity (Wildman–Crippen MR) is 82.7 cm³/mol. The standard InChI is InChI=1S/C13H21ClN6O/c1-9(10(21)20-7-5-4-6-8-20)15-12-16-11(14)17-13(18-12)19(2)3/h9H,4-8H2,1-3H3,(H,15,16,17,18). The van der Waals surface area contributed by atoms with Gasteiger partial charge in [0.1, 0.15) is 6.04 Å². The van der Waals surface area contributed by atoms with E-state index in [0.717, 1.165) is 25.9 Å². The van der Waals surface area contributed by atoms with Gasteiger partial charge in [-0.3, -0.25) is 4.79 Å². The maximum atomic E-state index is 12.4. The number of piperidine rings is 1. The molecule has 0 radical (unpaired) electrons. The van der Waals surface area contributed by atoms with E-state index in [1.54, 1.807) is 4.90 Å². The number of likely N-dealkylation sites (tertiary alicyclic amines) is 1. The van der Waals surface area contributed by atoms with Gasteiger partial charge in [-0.1, -0.05) is 0 Å². The molecule has 1 unspecified atom stereocenters. The van der Waals surface area contributed by atoms with Crippen molar-refractivity contribution in [2.45, 2.75) is 32.2 Å². The Labute approximate surface area is 129 Å². The first-order chi connectivity index (χ1) is 9.97. The fourth-order valence-corrected chi connectivity index (χ4v) is 2.40. The zero-order valence-corrected chi connectivity index (χ0v) is 13.4. The molecule has 1 N–H and O–H groups in total. The van der Waals surface area contributed by atoms with E-state index in [9.17, 15) is 4.79 Å². The monoisotopic (exact) mass is 312 g/mol. The van der Waals surface area contributed by atoms with E-state index in [1.807, 2.05) is 25.9 Å². The van der Waals surface area contributed by atoms with Crippen molar-refractivity contribution in [2.24, 2.45) is 0 Å². The molecule has 7 nitrogen and oxygen atoms in total. The van der Waals surface area contributed by atoms with E-state index in [-0.39, 0.29) is 11.2 Å². The molecule has 1 saturated heterocycles. The van der Waals surface area contributed by atoms with E-state index >= 15 is 0 Å². The average molecular weight is 313 g/mol. The molecule has 21 heavy (non-hydrogen) atoms. The second-order valence-electron chi connectivity index (χ2n) is 5.37. The van der Waals surface area contributed by atoms with Gasteiger partial charge in [-0.2, -0.15) is 15.0 Å². The molecule has 0 spiro atoms. The molecule has 1 amide bonds. The van der Waals surface area contributed by atoms with E-state index < -0.39 is 6.04 Å². The van der Waals surface area contributed by atoms with Crippen molar-refractivity contribution in [3.8, 4) is 0 Å². The van der Waals surface area contributed by atoms with Gasteiger partial charge in [0.05, 0.1) is 0 Å². The highest BCUT2D eigenvalue weighted by atomic mass is 35.5. The normalized spacial score (nSPS) is 16.5. The molecule has 0 saturated carbocycles. The van der Waals surface area contributed by atoms with Crippen LogP contribution in [0.5, 0.6) is 0 Å². The van der Waals surface area contributed by atoms with Crippen LogP contribution in [0.4, 0.5) is 11.9 Å². The molecular weight excluding hydrogens is 292 g/mol. The third-order valence-electron chi connectivity index (χ3n) is 3.38. The number of rotatable bonds is 4. The molecule has 1 atom stereocenters. The summed E-state index contributed by atoms with van der Waals surface area (Å²) < 4.78 is 0. The molecule has 0 bridgehead atoms. The van der Waals surface area contributed by atoms with Crippen LogP contribution in [0.15, 0.2) is 0 Å². The molecule has 1 aliphatic rings. The van der Waals surface area contributed by atoms with Crippen molar-refractivity contribution in [1.29, 1.82) is 0 Å². The summed E-state index contributed by atoms with van der Waals surface area (Å²) in [6.45, 7) is 3.46. The fourth-order valence-electron chi connectivity index (χ4n) is 2.25. The molecule has 2 heterocycles. The number of carbonyl (C=O) groups excluding carboxylic acids is 1. The van der Waals surface area contributed by atoms with Gasteiger partial charge in [0.25, 0.3) is 0 Å². The van der Waals surface area contributed by atoms with Gasteiger partial charge in [-0.05, 0) is 37.8 Å². The summed E-state index contributed by atoms with van der Waals surface area (Å²) >= 11 is 5.88. The smallest absolute Gasteiger partial charge is 0.244 e. The van der Waals surface area contributed by atoms with Crippen LogP contribution in [-0.2, 0) is 4.79 Å². The van der Waals surface area contributed by atoms with Crippen molar-refractivity contribution in [1.82, 2.24) is 19.9 Å². The van der Waals surface area contributed by atoms with Gasteiger partial charge in [0, 0.05) is 27.2 Å². The lowest BCUT2D eigenvalue weighted by atomic mass is 10.1. The van der Waals surface area contributed by atoms with Crippen molar-refractivity contribution in [2.75, 3.05) is 37.4 Å². The summed E-state index contributed by atoms with van der Waals surface area (Å²) in [5, 5.41) is 3.12. The summed E-state index contributed by atoms with van der Waals surface area (Å²) in [5.41, 5.74) is 0. The zero-order valence-electron chi connectivity index (χ0n) is 12.6. The van der Waals surface area contributed by atoms with E-state index in [2.05, 4.69) is 20.3 Å².